The number of nitrogens with two attached hydrogens (primary N) is 1. The van der Waals surface area contributed by atoms with Gasteiger partial charge >= 0.3 is 0 Å². The highest BCUT2D eigenvalue weighted by molar-refractivity contribution is 5.79. The standard InChI is InChI=1S/C13H26N2O/c1-9(13(2,3)4)12(16)15-11-6-5-10(7-11)8-14/h9-11H,5-8,14H2,1-4H3,(H,15,16). The number of hydrogen-bond donors (Lipinski definition) is 2. The third-order valence-corrected chi connectivity index (χ3v) is 3.91. The molecule has 1 amide bonds. The summed E-state index contributed by atoms with van der Waals surface area (Å²) < 4.78 is 0. The minimum absolute atomic E-state index is 0.0377. The van der Waals surface area contributed by atoms with Crippen LogP contribution in [0.5, 0.6) is 0 Å². The molecule has 1 aliphatic rings. The third kappa shape index (κ3) is 3.48. The summed E-state index contributed by atoms with van der Waals surface area (Å²) in [5.74, 6) is 0.856. The Balaban J connectivity index is 2.41. The summed E-state index contributed by atoms with van der Waals surface area (Å²) in [5, 5.41) is 3.15. The lowest BCUT2D eigenvalue weighted by molar-refractivity contribution is -0.128. The molecule has 3 unspecified atom stereocenters. The Labute approximate surface area is 99.2 Å². The maximum absolute atomic E-state index is 12.0. The van der Waals surface area contributed by atoms with Crippen LogP contribution in [-0.2, 0) is 4.79 Å². The Morgan fingerprint density at radius 3 is 2.50 bits per heavy atom. The molecule has 0 aromatic heterocycles. The van der Waals surface area contributed by atoms with Gasteiger partial charge in [0.05, 0.1) is 0 Å². The largest absolute Gasteiger partial charge is 0.353 e. The molecule has 0 heterocycles. The van der Waals surface area contributed by atoms with Crippen molar-refractivity contribution in [3.63, 3.8) is 0 Å². The van der Waals surface area contributed by atoms with Crippen molar-refractivity contribution in [1.29, 1.82) is 0 Å². The molecular formula is C13H26N2O. The Kier molecular flexibility index (Phi) is 4.36. The predicted octanol–water partition coefficient (Wildman–Crippen LogP) is 1.91. The molecule has 3 heteroatoms. The molecule has 0 aromatic rings. The minimum atomic E-state index is 0.0377. The van der Waals surface area contributed by atoms with E-state index in [0.29, 0.717) is 12.0 Å². The van der Waals surface area contributed by atoms with Crippen molar-refractivity contribution in [2.24, 2.45) is 23.0 Å². The van der Waals surface area contributed by atoms with Gasteiger partial charge in [0.1, 0.15) is 0 Å². The molecule has 3 atom stereocenters. The lowest BCUT2D eigenvalue weighted by Gasteiger charge is -2.27. The van der Waals surface area contributed by atoms with Crippen molar-refractivity contribution in [2.75, 3.05) is 6.54 Å². The van der Waals surface area contributed by atoms with Gasteiger partial charge in [-0.1, -0.05) is 27.7 Å². The molecule has 0 aromatic carbocycles. The van der Waals surface area contributed by atoms with Gasteiger partial charge in [-0.05, 0) is 37.1 Å². The monoisotopic (exact) mass is 226 g/mol. The fourth-order valence-electron chi connectivity index (χ4n) is 2.14. The van der Waals surface area contributed by atoms with E-state index in [9.17, 15) is 4.79 Å². The predicted molar refractivity (Wildman–Crippen MR) is 66.9 cm³/mol. The van der Waals surface area contributed by atoms with Gasteiger partial charge in [-0.2, -0.15) is 0 Å². The smallest absolute Gasteiger partial charge is 0.223 e. The van der Waals surface area contributed by atoms with Crippen molar-refractivity contribution < 1.29 is 4.79 Å². The summed E-state index contributed by atoms with van der Waals surface area (Å²) in [6, 6.07) is 0.353. The van der Waals surface area contributed by atoms with Crippen molar-refractivity contribution in [1.82, 2.24) is 5.32 Å². The number of carbonyl (C=O) groups is 1. The number of amides is 1. The fraction of sp³-hybridized carbons (Fsp3) is 0.923. The summed E-state index contributed by atoms with van der Waals surface area (Å²) in [5.41, 5.74) is 5.68. The lowest BCUT2D eigenvalue weighted by Crippen LogP contribution is -2.41. The van der Waals surface area contributed by atoms with E-state index in [1.165, 1.54) is 0 Å². The van der Waals surface area contributed by atoms with E-state index in [1.807, 2.05) is 6.92 Å². The Morgan fingerprint density at radius 1 is 1.44 bits per heavy atom. The number of rotatable bonds is 3. The summed E-state index contributed by atoms with van der Waals surface area (Å²) in [4.78, 5) is 12.0. The molecule has 0 aliphatic heterocycles. The maximum atomic E-state index is 12.0. The van der Waals surface area contributed by atoms with Crippen LogP contribution >= 0.6 is 0 Å². The van der Waals surface area contributed by atoms with E-state index >= 15 is 0 Å². The number of hydrogen-bond acceptors (Lipinski definition) is 2. The Bertz CT molecular complexity index is 245. The molecule has 0 spiro atoms. The van der Waals surface area contributed by atoms with E-state index in [0.717, 1.165) is 25.8 Å². The van der Waals surface area contributed by atoms with Crippen molar-refractivity contribution in [3.8, 4) is 0 Å². The first-order valence-electron chi connectivity index (χ1n) is 6.35. The Morgan fingerprint density at radius 2 is 2.06 bits per heavy atom. The van der Waals surface area contributed by atoms with Crippen LogP contribution in [0.4, 0.5) is 0 Å². The first-order valence-corrected chi connectivity index (χ1v) is 6.35. The minimum Gasteiger partial charge on any atom is -0.353 e. The van der Waals surface area contributed by atoms with Crippen LogP contribution in [0.2, 0.25) is 0 Å². The highest BCUT2D eigenvalue weighted by Gasteiger charge is 2.30. The van der Waals surface area contributed by atoms with Crippen LogP contribution in [-0.4, -0.2) is 18.5 Å². The normalized spacial score (nSPS) is 27.8. The van der Waals surface area contributed by atoms with E-state index in [2.05, 4.69) is 26.1 Å². The van der Waals surface area contributed by atoms with Crippen LogP contribution in [0.3, 0.4) is 0 Å². The molecule has 3 nitrogen and oxygen atoms in total. The molecular weight excluding hydrogens is 200 g/mol. The average molecular weight is 226 g/mol. The van der Waals surface area contributed by atoms with Crippen molar-refractivity contribution >= 4 is 5.91 Å². The van der Waals surface area contributed by atoms with Crippen LogP contribution in [0.1, 0.15) is 47.0 Å². The first-order chi connectivity index (χ1) is 7.34. The third-order valence-electron chi connectivity index (χ3n) is 3.91. The summed E-state index contributed by atoms with van der Waals surface area (Å²) >= 11 is 0. The van der Waals surface area contributed by atoms with E-state index in [4.69, 9.17) is 5.73 Å². The van der Waals surface area contributed by atoms with E-state index in [1.54, 1.807) is 0 Å². The van der Waals surface area contributed by atoms with Crippen LogP contribution in [0, 0.1) is 17.3 Å². The molecule has 94 valence electrons. The summed E-state index contributed by atoms with van der Waals surface area (Å²) in [6.45, 7) is 9.07. The van der Waals surface area contributed by atoms with Gasteiger partial charge in [0.25, 0.3) is 0 Å². The van der Waals surface area contributed by atoms with Gasteiger partial charge in [-0.25, -0.2) is 0 Å². The second-order valence-electron chi connectivity index (χ2n) is 6.21. The molecule has 1 saturated carbocycles. The molecule has 0 saturated heterocycles. The molecule has 1 fully saturated rings. The molecule has 0 radical (unpaired) electrons. The zero-order valence-electron chi connectivity index (χ0n) is 11.0. The van der Waals surface area contributed by atoms with Gasteiger partial charge in [-0.15, -0.1) is 0 Å². The van der Waals surface area contributed by atoms with Crippen molar-refractivity contribution in [2.45, 2.75) is 53.0 Å². The SMILES string of the molecule is CC(C(=O)NC1CCC(CN)C1)C(C)(C)C. The van der Waals surface area contributed by atoms with Gasteiger partial charge in [0.15, 0.2) is 0 Å². The quantitative estimate of drug-likeness (QED) is 0.772. The molecule has 16 heavy (non-hydrogen) atoms. The van der Waals surface area contributed by atoms with Gasteiger partial charge in [-0.3, -0.25) is 4.79 Å². The summed E-state index contributed by atoms with van der Waals surface area (Å²) in [6.07, 6.45) is 3.30. The topological polar surface area (TPSA) is 55.1 Å². The summed E-state index contributed by atoms with van der Waals surface area (Å²) in [7, 11) is 0. The molecule has 1 aliphatic carbocycles. The van der Waals surface area contributed by atoms with Crippen LogP contribution in [0.15, 0.2) is 0 Å². The second kappa shape index (κ2) is 5.17. The Hall–Kier alpha value is -0.570. The van der Waals surface area contributed by atoms with Gasteiger partial charge in [0, 0.05) is 12.0 Å². The zero-order valence-corrected chi connectivity index (χ0v) is 11.0. The highest BCUT2D eigenvalue weighted by atomic mass is 16.1. The molecule has 3 N–H and O–H groups in total. The molecule has 0 bridgehead atoms. The van der Waals surface area contributed by atoms with Crippen molar-refractivity contribution in [3.05, 3.63) is 0 Å². The number of carbonyl (C=O) groups excluding carboxylic acids is 1. The highest BCUT2D eigenvalue weighted by Crippen LogP contribution is 2.28. The van der Waals surface area contributed by atoms with Gasteiger partial charge < -0.3 is 11.1 Å². The van der Waals surface area contributed by atoms with Crippen LogP contribution < -0.4 is 11.1 Å². The first kappa shape index (κ1) is 13.5. The van der Waals surface area contributed by atoms with E-state index < -0.39 is 0 Å². The zero-order chi connectivity index (χ0) is 12.3. The molecule has 1 rings (SSSR count). The lowest BCUT2D eigenvalue weighted by atomic mass is 9.81. The van der Waals surface area contributed by atoms with Crippen LogP contribution in [0.25, 0.3) is 0 Å². The second-order valence-corrected chi connectivity index (χ2v) is 6.21. The maximum Gasteiger partial charge on any atom is 0.223 e. The van der Waals surface area contributed by atoms with E-state index in [-0.39, 0.29) is 17.2 Å². The van der Waals surface area contributed by atoms with Gasteiger partial charge in [0.2, 0.25) is 5.91 Å². The number of nitrogens with one attached hydrogen (secondary N) is 1. The fourth-order valence-corrected chi connectivity index (χ4v) is 2.14. The average Bonchev–Trinajstić information content (AvgIpc) is 2.63.